The van der Waals surface area contributed by atoms with Crippen molar-refractivity contribution >= 4 is 16.3 Å². The predicted octanol–water partition coefficient (Wildman–Crippen LogP) is 2.72. The molecular weight excluding hydrogens is 444 g/mol. The Balaban J connectivity index is 1.65. The van der Waals surface area contributed by atoms with Crippen molar-refractivity contribution in [2.75, 3.05) is 20.7 Å². The molecule has 180 valence electrons. The minimum Gasteiger partial charge on any atom is -0.465 e. The van der Waals surface area contributed by atoms with Gasteiger partial charge in [0.05, 0.1) is 18.8 Å². The van der Waals surface area contributed by atoms with Crippen LogP contribution in [0.5, 0.6) is 0 Å². The van der Waals surface area contributed by atoms with Gasteiger partial charge in [0.15, 0.2) is 0 Å². The molecule has 3 rings (SSSR count). The fraction of sp³-hybridized carbons (Fsp3) is 0.667. The second-order valence-corrected chi connectivity index (χ2v) is 10.7. The Bertz CT molecular complexity index is 916. The number of nitrogens with zero attached hydrogens (tertiary/aromatic N) is 2. The Kier molecular flexibility index (Phi) is 7.74. The van der Waals surface area contributed by atoms with Crippen molar-refractivity contribution in [1.29, 1.82) is 0 Å². The molecule has 1 saturated carbocycles. The molecule has 1 aliphatic carbocycles. The lowest BCUT2D eigenvalue weighted by atomic mass is 9.81. The van der Waals surface area contributed by atoms with Crippen LogP contribution >= 0.6 is 0 Å². The first-order valence-corrected chi connectivity index (χ1v) is 12.2. The van der Waals surface area contributed by atoms with Crippen LogP contribution in [0, 0.1) is 5.82 Å². The van der Waals surface area contributed by atoms with Crippen molar-refractivity contribution < 1.29 is 31.8 Å². The molecule has 1 aromatic carbocycles. The number of hydrogen-bond donors (Lipinski definition) is 2. The van der Waals surface area contributed by atoms with E-state index in [-0.39, 0.29) is 24.8 Å². The Morgan fingerprint density at radius 1 is 1.31 bits per heavy atom. The van der Waals surface area contributed by atoms with Crippen LogP contribution in [0.3, 0.4) is 0 Å². The van der Waals surface area contributed by atoms with Crippen molar-refractivity contribution in [2.45, 2.75) is 68.9 Å². The Hall–Kier alpha value is -1.82. The van der Waals surface area contributed by atoms with Gasteiger partial charge < -0.3 is 9.84 Å². The number of benzene rings is 1. The quantitative estimate of drug-likeness (QED) is 0.632. The average Bonchev–Trinajstić information content (AvgIpc) is 3.01. The number of carboxylic acid groups (broad SMARTS) is 1. The first-order valence-electron chi connectivity index (χ1n) is 10.7. The second kappa shape index (κ2) is 9.98. The normalized spacial score (nSPS) is 31.2. The van der Waals surface area contributed by atoms with E-state index in [9.17, 15) is 27.1 Å². The molecule has 1 saturated heterocycles. The van der Waals surface area contributed by atoms with Crippen molar-refractivity contribution in [3.8, 4) is 0 Å². The van der Waals surface area contributed by atoms with Gasteiger partial charge in [0.1, 0.15) is 12.0 Å². The number of likely N-dealkylation sites (tertiary alicyclic amines) is 1. The van der Waals surface area contributed by atoms with Crippen LogP contribution in [0.15, 0.2) is 24.3 Å². The highest BCUT2D eigenvalue weighted by molar-refractivity contribution is 7.87. The molecule has 1 aromatic rings. The topological polar surface area (TPSA) is 99.2 Å². The van der Waals surface area contributed by atoms with Crippen LogP contribution in [0.25, 0.3) is 0 Å². The highest BCUT2D eigenvalue weighted by atomic mass is 32.2. The number of ether oxygens (including phenoxy) is 1. The molecule has 0 bridgehead atoms. The van der Waals surface area contributed by atoms with Gasteiger partial charge in [0, 0.05) is 26.2 Å². The molecule has 1 aliphatic heterocycles. The molecule has 11 heteroatoms. The van der Waals surface area contributed by atoms with E-state index in [0.717, 1.165) is 9.87 Å². The zero-order valence-corrected chi connectivity index (χ0v) is 19.3. The number of alkyl halides is 1. The van der Waals surface area contributed by atoms with Gasteiger partial charge in [0.2, 0.25) is 0 Å². The Morgan fingerprint density at radius 3 is 2.62 bits per heavy atom. The summed E-state index contributed by atoms with van der Waals surface area (Å²) in [5.74, 6) is -0.464. The third-order valence-corrected chi connectivity index (χ3v) is 7.97. The molecule has 6 atom stereocenters. The molecule has 0 radical (unpaired) electrons. The van der Waals surface area contributed by atoms with Crippen LogP contribution in [0.1, 0.15) is 44.1 Å². The lowest BCUT2D eigenvalue weighted by Gasteiger charge is -2.34. The largest absolute Gasteiger partial charge is 0.465 e. The fourth-order valence-corrected chi connectivity index (χ4v) is 5.52. The number of hydrogen-bond acceptors (Lipinski definition) is 4. The SMILES string of the molecule is C[C@@H]1C[C@H](NS(=O)(=O)N(C)C)[C@H](CO[C@@H]2CC[C@H](c3cccc(F)c3)CC2F)N1C(=O)O. The molecule has 1 heterocycles. The number of rotatable bonds is 7. The molecule has 1 amide bonds. The maximum Gasteiger partial charge on any atom is 0.407 e. The van der Waals surface area contributed by atoms with E-state index < -0.39 is 46.7 Å². The predicted molar refractivity (Wildman–Crippen MR) is 115 cm³/mol. The van der Waals surface area contributed by atoms with Crippen LogP contribution in [-0.2, 0) is 14.9 Å². The smallest absolute Gasteiger partial charge is 0.407 e. The van der Waals surface area contributed by atoms with E-state index in [1.54, 1.807) is 19.1 Å². The molecule has 2 N–H and O–H groups in total. The Labute approximate surface area is 187 Å². The van der Waals surface area contributed by atoms with Gasteiger partial charge in [0.25, 0.3) is 10.2 Å². The maximum absolute atomic E-state index is 14.9. The third kappa shape index (κ3) is 5.56. The first-order chi connectivity index (χ1) is 15.0. The van der Waals surface area contributed by atoms with Crippen molar-refractivity contribution in [3.63, 3.8) is 0 Å². The first kappa shape index (κ1) is 24.8. The lowest BCUT2D eigenvalue weighted by molar-refractivity contribution is -0.0476. The summed E-state index contributed by atoms with van der Waals surface area (Å²) >= 11 is 0. The van der Waals surface area contributed by atoms with Crippen molar-refractivity contribution in [1.82, 2.24) is 13.9 Å². The van der Waals surface area contributed by atoms with Gasteiger partial charge in [-0.1, -0.05) is 12.1 Å². The van der Waals surface area contributed by atoms with Crippen LogP contribution in [0.2, 0.25) is 0 Å². The summed E-state index contributed by atoms with van der Waals surface area (Å²) in [4.78, 5) is 13.0. The minimum atomic E-state index is -3.78. The van der Waals surface area contributed by atoms with Gasteiger partial charge in [-0.3, -0.25) is 4.90 Å². The summed E-state index contributed by atoms with van der Waals surface area (Å²) in [5.41, 5.74) is 0.755. The summed E-state index contributed by atoms with van der Waals surface area (Å²) in [5, 5.41) is 9.63. The van der Waals surface area contributed by atoms with E-state index in [0.29, 0.717) is 19.3 Å². The minimum absolute atomic E-state index is 0.109. The molecular formula is C21H31F2N3O5S. The summed E-state index contributed by atoms with van der Waals surface area (Å²) < 4.78 is 62.4. The Morgan fingerprint density at radius 2 is 2.03 bits per heavy atom. The highest BCUT2D eigenvalue weighted by Crippen LogP contribution is 2.36. The van der Waals surface area contributed by atoms with E-state index in [4.69, 9.17) is 4.74 Å². The molecule has 1 unspecified atom stereocenters. The molecule has 32 heavy (non-hydrogen) atoms. The monoisotopic (exact) mass is 475 g/mol. The van der Waals surface area contributed by atoms with Gasteiger partial charge in [-0.2, -0.15) is 17.4 Å². The molecule has 2 fully saturated rings. The van der Waals surface area contributed by atoms with Gasteiger partial charge in [-0.15, -0.1) is 0 Å². The standard InChI is InChI=1S/C21H31F2N3O5S/c1-13-9-18(24-32(29,30)25(2)3)19(26(13)21(27)28)12-31-20-8-7-15(11-17(20)23)14-5-4-6-16(22)10-14/h4-6,10,13,15,17-20,24H,7-9,11-12H2,1-3H3,(H,27,28)/t13-,15+,17?,18+,19+,20-/m1/s1. The fourth-order valence-electron chi connectivity index (χ4n) is 4.67. The lowest BCUT2D eigenvalue weighted by Crippen LogP contribution is -2.52. The maximum atomic E-state index is 14.9. The van der Waals surface area contributed by atoms with E-state index >= 15 is 0 Å². The summed E-state index contributed by atoms with van der Waals surface area (Å²) in [7, 11) is -1.02. The number of amides is 1. The number of halogens is 2. The van der Waals surface area contributed by atoms with Crippen LogP contribution in [0.4, 0.5) is 13.6 Å². The molecule has 0 spiro atoms. The summed E-state index contributed by atoms with van der Waals surface area (Å²) in [6.07, 6.45) is -1.68. The van der Waals surface area contributed by atoms with Gasteiger partial charge in [-0.25, -0.2) is 13.6 Å². The van der Waals surface area contributed by atoms with E-state index in [2.05, 4.69) is 4.72 Å². The van der Waals surface area contributed by atoms with Gasteiger partial charge >= 0.3 is 6.09 Å². The highest BCUT2D eigenvalue weighted by Gasteiger charge is 2.45. The average molecular weight is 476 g/mol. The molecule has 8 nitrogen and oxygen atoms in total. The van der Waals surface area contributed by atoms with Crippen molar-refractivity contribution in [3.05, 3.63) is 35.6 Å². The zero-order chi connectivity index (χ0) is 23.6. The zero-order valence-electron chi connectivity index (χ0n) is 18.4. The van der Waals surface area contributed by atoms with Crippen LogP contribution < -0.4 is 4.72 Å². The number of carbonyl (C=O) groups is 1. The summed E-state index contributed by atoms with van der Waals surface area (Å²) in [6.45, 7) is 1.58. The number of nitrogens with one attached hydrogen (secondary N) is 1. The second-order valence-electron chi connectivity index (χ2n) is 8.81. The summed E-state index contributed by atoms with van der Waals surface area (Å²) in [6, 6.07) is 4.29. The van der Waals surface area contributed by atoms with Gasteiger partial charge in [-0.05, 0) is 56.2 Å². The molecule has 2 aliphatic rings. The van der Waals surface area contributed by atoms with Crippen molar-refractivity contribution in [2.24, 2.45) is 0 Å². The molecule has 0 aromatic heterocycles. The van der Waals surface area contributed by atoms with E-state index in [1.165, 1.54) is 31.1 Å². The van der Waals surface area contributed by atoms with E-state index in [1.807, 2.05) is 0 Å². The van der Waals surface area contributed by atoms with Crippen LogP contribution in [-0.4, -0.2) is 79.9 Å². The third-order valence-electron chi connectivity index (χ3n) is 6.41.